The molecule has 0 amide bonds. The minimum Gasteiger partial charge on any atom is -0.369 e. The summed E-state index contributed by atoms with van der Waals surface area (Å²) in [6.07, 6.45) is 0.675. The first-order chi connectivity index (χ1) is 9.43. The van der Waals surface area contributed by atoms with Crippen LogP contribution in [0.25, 0.3) is 0 Å². The van der Waals surface area contributed by atoms with Crippen LogP contribution in [0, 0.1) is 0 Å². The topological polar surface area (TPSA) is 49.4 Å². The molecule has 1 fully saturated rings. The van der Waals surface area contributed by atoms with Gasteiger partial charge in [0.15, 0.2) is 9.84 Å². The second kappa shape index (κ2) is 6.33. The summed E-state index contributed by atoms with van der Waals surface area (Å²) in [7, 11) is -0.963. The zero-order chi connectivity index (χ0) is 14.8. The van der Waals surface area contributed by atoms with Crippen LogP contribution in [-0.4, -0.2) is 39.6 Å². The lowest BCUT2D eigenvalue weighted by atomic mass is 10.1. The van der Waals surface area contributed by atoms with E-state index in [-0.39, 0.29) is 17.5 Å². The largest absolute Gasteiger partial charge is 0.369 e. The van der Waals surface area contributed by atoms with Gasteiger partial charge in [0.2, 0.25) is 0 Å². The molecule has 0 aromatic heterocycles. The molecule has 1 heterocycles. The maximum Gasteiger partial charge on any atom is 0.152 e. The van der Waals surface area contributed by atoms with Crippen LogP contribution in [0.1, 0.15) is 18.9 Å². The molecule has 1 aliphatic heterocycles. The van der Waals surface area contributed by atoms with Crippen molar-refractivity contribution in [2.24, 2.45) is 0 Å². The van der Waals surface area contributed by atoms with Gasteiger partial charge >= 0.3 is 0 Å². The summed E-state index contributed by atoms with van der Waals surface area (Å²) in [5.74, 6) is 0.497. The second-order valence-electron chi connectivity index (χ2n) is 5.23. The van der Waals surface area contributed by atoms with Crippen molar-refractivity contribution in [3.05, 3.63) is 28.8 Å². The maximum atomic E-state index is 11.6. The molecule has 0 aliphatic carbocycles. The Morgan fingerprint density at radius 1 is 1.45 bits per heavy atom. The van der Waals surface area contributed by atoms with Gasteiger partial charge in [-0.25, -0.2) is 8.42 Å². The molecule has 1 aliphatic rings. The van der Waals surface area contributed by atoms with Crippen molar-refractivity contribution < 1.29 is 8.42 Å². The Hall–Kier alpha value is -0.780. The molecule has 2 rings (SSSR count). The monoisotopic (exact) mass is 316 g/mol. The van der Waals surface area contributed by atoms with Gasteiger partial charge in [0.1, 0.15) is 0 Å². The standard InChI is InChI=1S/C14H21ClN2O2S/c1-3-16-9-11-4-5-14(13(15)8-11)17(2)12-6-7-20(18,19)10-12/h4-5,8,12,16H,3,6-7,9-10H2,1-2H3. The molecule has 1 N–H and O–H groups in total. The van der Waals surface area contributed by atoms with Gasteiger partial charge in [0.05, 0.1) is 22.2 Å². The molecular weight excluding hydrogens is 296 g/mol. The molecule has 0 radical (unpaired) electrons. The third-order valence-electron chi connectivity index (χ3n) is 3.73. The van der Waals surface area contributed by atoms with Crippen molar-refractivity contribution in [2.75, 3.05) is 30.0 Å². The van der Waals surface area contributed by atoms with Gasteiger partial charge in [-0.2, -0.15) is 0 Å². The highest BCUT2D eigenvalue weighted by atomic mass is 35.5. The van der Waals surface area contributed by atoms with Crippen molar-refractivity contribution >= 4 is 27.1 Å². The van der Waals surface area contributed by atoms with E-state index in [0.29, 0.717) is 11.4 Å². The Balaban J connectivity index is 2.12. The van der Waals surface area contributed by atoms with E-state index in [0.717, 1.165) is 24.3 Å². The normalized spacial score (nSPS) is 21.1. The highest BCUT2D eigenvalue weighted by molar-refractivity contribution is 7.91. The first-order valence-corrected chi connectivity index (χ1v) is 9.05. The van der Waals surface area contributed by atoms with Gasteiger partial charge in [-0.05, 0) is 30.7 Å². The Labute approximate surface area is 126 Å². The van der Waals surface area contributed by atoms with Gasteiger partial charge in [0, 0.05) is 19.6 Å². The lowest BCUT2D eigenvalue weighted by Crippen LogP contribution is -2.32. The molecule has 0 bridgehead atoms. The molecule has 4 nitrogen and oxygen atoms in total. The number of rotatable bonds is 5. The predicted octanol–water partition coefficient (Wildman–Crippen LogP) is 2.07. The average Bonchev–Trinajstić information content (AvgIpc) is 2.76. The number of hydrogen-bond donors (Lipinski definition) is 1. The third-order valence-corrected chi connectivity index (χ3v) is 5.78. The maximum absolute atomic E-state index is 11.6. The summed E-state index contributed by atoms with van der Waals surface area (Å²) in [6.45, 7) is 3.77. The van der Waals surface area contributed by atoms with E-state index in [1.807, 2.05) is 30.1 Å². The van der Waals surface area contributed by atoms with Gasteiger partial charge in [-0.3, -0.25) is 0 Å². The van der Waals surface area contributed by atoms with E-state index in [9.17, 15) is 8.42 Å². The number of anilines is 1. The first-order valence-electron chi connectivity index (χ1n) is 6.85. The minimum absolute atomic E-state index is 0.0251. The summed E-state index contributed by atoms with van der Waals surface area (Å²) in [5, 5.41) is 3.93. The van der Waals surface area contributed by atoms with Crippen LogP contribution < -0.4 is 10.2 Å². The zero-order valence-electron chi connectivity index (χ0n) is 11.9. The van der Waals surface area contributed by atoms with Crippen LogP contribution in [0.2, 0.25) is 5.02 Å². The van der Waals surface area contributed by atoms with Crippen LogP contribution in [0.4, 0.5) is 5.69 Å². The molecule has 6 heteroatoms. The fourth-order valence-electron chi connectivity index (χ4n) is 2.49. The fraction of sp³-hybridized carbons (Fsp3) is 0.571. The van der Waals surface area contributed by atoms with E-state index in [1.54, 1.807) is 0 Å². The van der Waals surface area contributed by atoms with Crippen molar-refractivity contribution in [2.45, 2.75) is 25.9 Å². The van der Waals surface area contributed by atoms with E-state index in [1.165, 1.54) is 0 Å². The number of nitrogens with zero attached hydrogens (tertiary/aromatic N) is 1. The molecule has 1 unspecified atom stereocenters. The van der Waals surface area contributed by atoms with Crippen molar-refractivity contribution in [3.8, 4) is 0 Å². The first kappa shape index (κ1) is 15.6. The Bertz CT molecular complexity index is 575. The SMILES string of the molecule is CCNCc1ccc(N(C)C2CCS(=O)(=O)C2)c(Cl)c1. The second-order valence-corrected chi connectivity index (χ2v) is 7.87. The average molecular weight is 317 g/mol. The lowest BCUT2D eigenvalue weighted by molar-refractivity contribution is 0.601. The van der Waals surface area contributed by atoms with Crippen LogP contribution >= 0.6 is 11.6 Å². The molecule has 112 valence electrons. The molecule has 1 atom stereocenters. The smallest absolute Gasteiger partial charge is 0.152 e. The lowest BCUT2D eigenvalue weighted by Gasteiger charge is -2.26. The van der Waals surface area contributed by atoms with Gasteiger partial charge in [-0.1, -0.05) is 24.6 Å². The summed E-state index contributed by atoms with van der Waals surface area (Å²) < 4.78 is 23.1. The van der Waals surface area contributed by atoms with E-state index >= 15 is 0 Å². The quantitative estimate of drug-likeness (QED) is 0.903. The number of halogens is 1. The molecule has 1 aromatic carbocycles. The van der Waals surface area contributed by atoms with Gasteiger partial charge in [0.25, 0.3) is 0 Å². The summed E-state index contributed by atoms with van der Waals surface area (Å²) in [6, 6.07) is 5.97. The summed E-state index contributed by atoms with van der Waals surface area (Å²) in [4.78, 5) is 1.99. The molecular formula is C14H21ClN2O2S. The predicted molar refractivity (Wildman–Crippen MR) is 84.3 cm³/mol. The molecule has 1 saturated heterocycles. The molecule has 0 spiro atoms. The van der Waals surface area contributed by atoms with Crippen molar-refractivity contribution in [1.29, 1.82) is 0 Å². The van der Waals surface area contributed by atoms with Crippen LogP contribution in [-0.2, 0) is 16.4 Å². The van der Waals surface area contributed by atoms with Crippen molar-refractivity contribution in [1.82, 2.24) is 5.32 Å². The summed E-state index contributed by atoms with van der Waals surface area (Å²) >= 11 is 6.33. The number of hydrogen-bond acceptors (Lipinski definition) is 4. The van der Waals surface area contributed by atoms with Gasteiger partial charge in [-0.15, -0.1) is 0 Å². The fourth-order valence-corrected chi connectivity index (χ4v) is 4.60. The zero-order valence-corrected chi connectivity index (χ0v) is 13.5. The minimum atomic E-state index is -2.88. The molecule has 20 heavy (non-hydrogen) atoms. The number of sulfone groups is 1. The Morgan fingerprint density at radius 3 is 2.75 bits per heavy atom. The van der Waals surface area contributed by atoms with E-state index in [4.69, 9.17) is 11.6 Å². The van der Waals surface area contributed by atoms with Crippen molar-refractivity contribution in [3.63, 3.8) is 0 Å². The van der Waals surface area contributed by atoms with Gasteiger partial charge < -0.3 is 10.2 Å². The number of benzene rings is 1. The van der Waals surface area contributed by atoms with Crippen LogP contribution in [0.3, 0.4) is 0 Å². The highest BCUT2D eigenvalue weighted by Gasteiger charge is 2.31. The highest BCUT2D eigenvalue weighted by Crippen LogP contribution is 2.30. The van der Waals surface area contributed by atoms with E-state index < -0.39 is 9.84 Å². The Morgan fingerprint density at radius 2 is 2.20 bits per heavy atom. The van der Waals surface area contributed by atoms with Crippen LogP contribution in [0.5, 0.6) is 0 Å². The Kier molecular flexibility index (Phi) is 4.94. The molecule has 0 saturated carbocycles. The molecule has 1 aromatic rings. The number of nitrogens with one attached hydrogen (secondary N) is 1. The third kappa shape index (κ3) is 3.65. The summed E-state index contributed by atoms with van der Waals surface area (Å²) in [5.41, 5.74) is 2.03. The van der Waals surface area contributed by atoms with E-state index in [2.05, 4.69) is 12.2 Å². The van der Waals surface area contributed by atoms with Crippen LogP contribution in [0.15, 0.2) is 18.2 Å².